The number of carbonyl (C=O) groups is 7. The number of aliphatic hydroxyl groups is 1. The van der Waals surface area contributed by atoms with E-state index < -0.39 is 41.0 Å². The van der Waals surface area contributed by atoms with Gasteiger partial charge in [0.05, 0.1) is 40.4 Å². The quantitative estimate of drug-likeness (QED) is 0.0272. The third-order valence-corrected chi connectivity index (χ3v) is 20.5. The maximum absolute atomic E-state index is 14.3. The van der Waals surface area contributed by atoms with E-state index in [2.05, 4.69) is 52.3 Å². The van der Waals surface area contributed by atoms with Crippen LogP contribution in [0.25, 0.3) is 33.2 Å². The lowest BCUT2D eigenvalue weighted by atomic mass is 9.85. The van der Waals surface area contributed by atoms with Gasteiger partial charge in [0.2, 0.25) is 23.6 Å². The van der Waals surface area contributed by atoms with Gasteiger partial charge >= 0.3 is 11.9 Å². The Hall–Kier alpha value is -11.1. The molecule has 2 aliphatic heterocycles. The highest BCUT2D eigenvalue weighted by atomic mass is 19.4. The summed E-state index contributed by atoms with van der Waals surface area (Å²) in [5.41, 5.74) is 4.31. The second kappa shape index (κ2) is 31.1. The van der Waals surface area contributed by atoms with Crippen molar-refractivity contribution in [3.8, 4) is 11.3 Å². The summed E-state index contributed by atoms with van der Waals surface area (Å²) in [5, 5.41) is 30.9. The van der Waals surface area contributed by atoms with E-state index in [0.29, 0.717) is 119 Å². The topological polar surface area (TPSA) is 302 Å². The fraction of sp³-hybridized carbons (Fsp3) is 0.392. The molecule has 25 nitrogen and oxygen atoms in total. The van der Waals surface area contributed by atoms with E-state index >= 15 is 0 Å². The number of piperidine rings is 1. The number of rotatable bonds is 22. The molecule has 1 saturated carbocycles. The number of hydrogen-bond acceptors (Lipinski definition) is 15. The number of fused-ring (bicyclic) bond motifs is 2. The Morgan fingerprint density at radius 1 is 0.720 bits per heavy atom. The number of aromatic nitrogens is 7. The number of alkyl halides is 3. The second-order valence-corrected chi connectivity index (χ2v) is 29.5. The SMILES string of the molecule is Cc1c(NC(=O)c2ccc(C(C)(C)C)cc2)cccc1-c1cn(C)c(=O)c(Nc2ccc(C(=O)N3CCN(C(=O)CN(CCCCc4cccc5c4n(C)c(=O)n5C4CCC(=O)NC4=O)CCNC(=O)C4CCC(n5cc6cc(NC(=O)c7cccc(C(F)(F)F)n7)c(C(C)(C)O)cc6n5)CC4)CC3)cc2)n1. The molecule has 9 aromatic rings. The van der Waals surface area contributed by atoms with Gasteiger partial charge in [-0.1, -0.05) is 63.2 Å². The second-order valence-electron chi connectivity index (χ2n) is 29.5. The average molecular weight is 1460 g/mol. The van der Waals surface area contributed by atoms with Crippen LogP contribution in [-0.2, 0) is 56.9 Å². The number of imidazole rings is 1. The molecular weight excluding hydrogens is 1380 g/mol. The van der Waals surface area contributed by atoms with Crippen LogP contribution >= 0.6 is 0 Å². The van der Waals surface area contributed by atoms with Crippen molar-refractivity contribution in [2.45, 2.75) is 129 Å². The largest absolute Gasteiger partial charge is 0.433 e. The molecular formula is C79H88F3N15O10. The lowest BCUT2D eigenvalue weighted by Crippen LogP contribution is -2.53. The van der Waals surface area contributed by atoms with Crippen LogP contribution in [0.5, 0.6) is 0 Å². The van der Waals surface area contributed by atoms with Crippen LogP contribution in [0.4, 0.5) is 36.1 Å². The minimum atomic E-state index is -4.76. The molecule has 6 N–H and O–H groups in total. The number of carbonyl (C=O) groups excluding carboxylic acids is 7. The maximum atomic E-state index is 14.3. The van der Waals surface area contributed by atoms with Crippen molar-refractivity contribution in [3.63, 3.8) is 0 Å². The maximum Gasteiger partial charge on any atom is 0.433 e. The first kappa shape index (κ1) is 75.5. The summed E-state index contributed by atoms with van der Waals surface area (Å²) in [4.78, 5) is 135. The van der Waals surface area contributed by atoms with Gasteiger partial charge in [-0.25, -0.2) is 14.8 Å². The molecule has 12 rings (SSSR count). The van der Waals surface area contributed by atoms with E-state index in [1.165, 1.54) is 33.6 Å². The molecule has 4 aromatic heterocycles. The van der Waals surface area contributed by atoms with Crippen LogP contribution in [0, 0.1) is 12.8 Å². The van der Waals surface area contributed by atoms with Crippen LogP contribution in [-0.4, -0.2) is 147 Å². The Balaban J connectivity index is 0.665. The molecule has 6 heterocycles. The number of nitrogens with zero attached hydrogens (tertiary/aromatic N) is 10. The highest BCUT2D eigenvalue weighted by molar-refractivity contribution is 6.06. The first-order chi connectivity index (χ1) is 50.9. The van der Waals surface area contributed by atoms with Crippen LogP contribution in [0.3, 0.4) is 0 Å². The predicted octanol–water partition coefficient (Wildman–Crippen LogP) is 10.1. The molecule has 28 heteroatoms. The van der Waals surface area contributed by atoms with Crippen LogP contribution in [0.1, 0.15) is 157 Å². The number of para-hydroxylation sites is 1. The van der Waals surface area contributed by atoms with Gasteiger partial charge in [-0.15, -0.1) is 0 Å². The Labute approximate surface area is 615 Å². The first-order valence-electron chi connectivity index (χ1n) is 36.0. The summed E-state index contributed by atoms with van der Waals surface area (Å²) >= 11 is 0. The van der Waals surface area contributed by atoms with E-state index in [9.17, 15) is 61.4 Å². The Bertz CT molecular complexity index is 5030. The zero-order chi connectivity index (χ0) is 76.4. The van der Waals surface area contributed by atoms with Crippen molar-refractivity contribution < 1.29 is 51.8 Å². The summed E-state index contributed by atoms with van der Waals surface area (Å²) in [6.07, 6.45) is 3.19. The Morgan fingerprint density at radius 3 is 2.09 bits per heavy atom. The highest BCUT2D eigenvalue weighted by Gasteiger charge is 2.36. The molecule has 1 atom stereocenters. The van der Waals surface area contributed by atoms with Gasteiger partial charge < -0.3 is 40.7 Å². The first-order valence-corrected chi connectivity index (χ1v) is 36.0. The minimum absolute atomic E-state index is 0.0390. The number of piperazine rings is 1. The smallest absolute Gasteiger partial charge is 0.386 e. The van der Waals surface area contributed by atoms with Gasteiger partial charge in [-0.3, -0.25) is 62.4 Å². The van der Waals surface area contributed by atoms with Crippen LogP contribution in [0.15, 0.2) is 137 Å². The summed E-state index contributed by atoms with van der Waals surface area (Å²) < 4.78 is 46.7. The molecule has 3 fully saturated rings. The molecule has 5 aromatic carbocycles. The number of pyridine rings is 1. The normalized spacial score (nSPS) is 16.6. The van der Waals surface area contributed by atoms with E-state index in [1.807, 2.05) is 71.1 Å². The monoisotopic (exact) mass is 1460 g/mol. The number of halogens is 3. The number of hydrogen-bond donors (Lipinski definition) is 6. The van der Waals surface area contributed by atoms with Gasteiger partial charge in [-0.05, 0) is 174 Å². The van der Waals surface area contributed by atoms with Crippen molar-refractivity contribution in [1.82, 2.24) is 58.8 Å². The van der Waals surface area contributed by atoms with Crippen molar-refractivity contribution in [3.05, 3.63) is 193 Å². The Morgan fingerprint density at radius 2 is 1.40 bits per heavy atom. The minimum Gasteiger partial charge on any atom is -0.386 e. The summed E-state index contributed by atoms with van der Waals surface area (Å²) in [6.45, 7) is 13.5. The number of anilines is 4. The highest BCUT2D eigenvalue weighted by Crippen LogP contribution is 2.38. The molecule has 3 aliphatic rings. The fourth-order valence-electron chi connectivity index (χ4n) is 14.4. The molecule has 107 heavy (non-hydrogen) atoms. The zero-order valence-electron chi connectivity index (χ0n) is 61.1. The van der Waals surface area contributed by atoms with Crippen molar-refractivity contribution in [1.29, 1.82) is 0 Å². The average Bonchev–Trinajstić information content (AvgIpc) is 1.62. The zero-order valence-corrected chi connectivity index (χ0v) is 61.1. The van der Waals surface area contributed by atoms with Crippen LogP contribution in [0.2, 0.25) is 0 Å². The van der Waals surface area contributed by atoms with Crippen LogP contribution < -0.4 is 37.8 Å². The molecule has 0 spiro atoms. The summed E-state index contributed by atoms with van der Waals surface area (Å²) in [5.74, 6) is -2.79. The molecule has 560 valence electrons. The summed E-state index contributed by atoms with van der Waals surface area (Å²) in [7, 11) is 3.30. The third kappa shape index (κ3) is 17.1. The van der Waals surface area contributed by atoms with Gasteiger partial charge in [-0.2, -0.15) is 18.3 Å². The number of aryl methyl sites for hydroxylation is 3. The van der Waals surface area contributed by atoms with Gasteiger partial charge in [0.25, 0.3) is 23.3 Å². The molecule has 1 aliphatic carbocycles. The van der Waals surface area contributed by atoms with E-state index in [4.69, 9.17) is 10.1 Å². The molecule has 7 amide bonds. The molecule has 0 radical (unpaired) electrons. The standard InChI is InChI=1S/C79H88F3N15O10/c1-47-56(16-12-17-58(47)87-71(101)50-21-27-53(28-22-50)77(2,3)4)62-45-91(7)75(105)69(86-62)84-54-29-23-51(24-30-54)74(104)95-40-38-94(39-41-95)67(99)46-93(36-10-9-14-48-15-11-19-63-68(48)92(8)76(106)97(63)64-33-34-66(98)89-73(64)103)37-35-83-70(100)49-25-31-55(32-26-49)96-44-52-42-61(57(78(5,6)107)43-60(52)90-96)88-72(102)59-18-13-20-65(85-59)79(80,81)82/h11-13,15-24,27-30,42-45,49,55,64,107H,9-10,14,25-26,31-41,46H2,1-8H3,(H,83,100)(H,84,86)(H,87,101)(H,88,102)(H,89,98,103). The Kier molecular flexibility index (Phi) is 22.0. The molecule has 2 saturated heterocycles. The lowest BCUT2D eigenvalue weighted by Gasteiger charge is -2.36. The van der Waals surface area contributed by atoms with Gasteiger partial charge in [0, 0.05) is 123 Å². The number of unbranched alkanes of at least 4 members (excludes halogenated alkanes) is 1. The number of benzene rings is 5. The number of nitrogens with one attached hydrogen (secondary N) is 5. The van der Waals surface area contributed by atoms with Gasteiger partial charge in [0.1, 0.15) is 17.4 Å². The van der Waals surface area contributed by atoms with Crippen molar-refractivity contribution in [2.75, 3.05) is 68.3 Å². The van der Waals surface area contributed by atoms with E-state index in [1.54, 1.807) is 78.8 Å². The molecule has 1 unspecified atom stereocenters. The fourth-order valence-corrected chi connectivity index (χ4v) is 14.4. The van der Waals surface area contributed by atoms with E-state index in [0.717, 1.165) is 28.8 Å². The third-order valence-electron chi connectivity index (χ3n) is 20.5. The number of imide groups is 1. The van der Waals surface area contributed by atoms with Crippen molar-refractivity contribution in [2.24, 2.45) is 20.0 Å². The van der Waals surface area contributed by atoms with Gasteiger partial charge in [0.15, 0.2) is 5.82 Å². The van der Waals surface area contributed by atoms with Crippen molar-refractivity contribution >= 4 is 86.2 Å². The van der Waals surface area contributed by atoms with E-state index in [-0.39, 0.29) is 122 Å². The lowest BCUT2D eigenvalue weighted by molar-refractivity contribution is -0.141. The summed E-state index contributed by atoms with van der Waals surface area (Å²) in [6, 6.07) is 30.7. The number of amides is 7. The predicted molar refractivity (Wildman–Crippen MR) is 399 cm³/mol. The molecule has 0 bridgehead atoms.